The van der Waals surface area contributed by atoms with Crippen LogP contribution in [0.1, 0.15) is 31.5 Å². The van der Waals surface area contributed by atoms with Crippen molar-refractivity contribution in [2.75, 3.05) is 27.3 Å². The standard InChI is InChI=1S/C14H25N5O2/c1-18-7-4-3-6-12(18)14(20)15-10-13-17-16-11-19(13)8-5-9-21-2/h11-12H,3-10H2,1-2H3,(H,15,20)/t12-/m0/s1. The number of ether oxygens (including phenoxy) is 1. The van der Waals surface area contributed by atoms with Gasteiger partial charge in [-0.2, -0.15) is 0 Å². The van der Waals surface area contributed by atoms with E-state index >= 15 is 0 Å². The molecular formula is C14H25N5O2. The molecule has 0 bridgehead atoms. The lowest BCUT2D eigenvalue weighted by molar-refractivity contribution is -0.127. The minimum atomic E-state index is -0.0105. The number of hydrogen-bond acceptors (Lipinski definition) is 5. The number of methoxy groups -OCH3 is 1. The number of aryl methyl sites for hydroxylation is 1. The average molecular weight is 295 g/mol. The summed E-state index contributed by atoms with van der Waals surface area (Å²) in [6.07, 6.45) is 5.83. The van der Waals surface area contributed by atoms with Gasteiger partial charge in [0.15, 0.2) is 5.82 Å². The molecule has 0 saturated carbocycles. The summed E-state index contributed by atoms with van der Waals surface area (Å²) in [6.45, 7) is 2.92. The smallest absolute Gasteiger partial charge is 0.237 e. The highest BCUT2D eigenvalue weighted by atomic mass is 16.5. The van der Waals surface area contributed by atoms with Gasteiger partial charge in [0.05, 0.1) is 12.6 Å². The van der Waals surface area contributed by atoms with E-state index in [1.165, 1.54) is 6.42 Å². The first kappa shape index (κ1) is 15.9. The first-order valence-corrected chi connectivity index (χ1v) is 7.56. The van der Waals surface area contributed by atoms with Crippen LogP contribution in [-0.2, 0) is 22.6 Å². The fourth-order valence-corrected chi connectivity index (χ4v) is 2.67. The maximum Gasteiger partial charge on any atom is 0.237 e. The predicted octanol–water partition coefficient (Wildman–Crippen LogP) is 0.415. The quantitative estimate of drug-likeness (QED) is 0.738. The molecule has 0 radical (unpaired) electrons. The molecule has 1 atom stereocenters. The molecule has 7 nitrogen and oxygen atoms in total. The van der Waals surface area contributed by atoms with E-state index in [4.69, 9.17) is 4.74 Å². The molecule has 2 heterocycles. The second-order valence-electron chi connectivity index (χ2n) is 5.50. The molecular weight excluding hydrogens is 270 g/mol. The molecule has 2 rings (SSSR count). The number of rotatable bonds is 7. The summed E-state index contributed by atoms with van der Waals surface area (Å²) in [5.41, 5.74) is 0. The van der Waals surface area contributed by atoms with Crippen LogP contribution in [0.3, 0.4) is 0 Å². The van der Waals surface area contributed by atoms with E-state index in [9.17, 15) is 4.79 Å². The zero-order chi connectivity index (χ0) is 15.1. The first-order chi connectivity index (χ1) is 10.2. The third-order valence-electron chi connectivity index (χ3n) is 3.94. The Bertz CT molecular complexity index is 448. The van der Waals surface area contributed by atoms with Crippen molar-refractivity contribution in [3.63, 3.8) is 0 Å². The SMILES string of the molecule is COCCCn1cnnc1CNC(=O)[C@@H]1CCCCN1C. The number of hydrogen-bond donors (Lipinski definition) is 1. The number of carbonyl (C=O) groups excluding carboxylic acids is 1. The van der Waals surface area contributed by atoms with Crippen LogP contribution >= 0.6 is 0 Å². The number of nitrogens with zero attached hydrogens (tertiary/aromatic N) is 4. The van der Waals surface area contributed by atoms with Crippen LogP contribution in [0.2, 0.25) is 0 Å². The van der Waals surface area contributed by atoms with Crippen molar-refractivity contribution < 1.29 is 9.53 Å². The summed E-state index contributed by atoms with van der Waals surface area (Å²) in [7, 11) is 3.70. The van der Waals surface area contributed by atoms with E-state index in [2.05, 4.69) is 20.4 Å². The van der Waals surface area contributed by atoms with Gasteiger partial charge >= 0.3 is 0 Å². The van der Waals surface area contributed by atoms with Gasteiger partial charge in [0.2, 0.25) is 5.91 Å². The third-order valence-corrected chi connectivity index (χ3v) is 3.94. The number of aromatic nitrogens is 3. The molecule has 0 aromatic carbocycles. The third kappa shape index (κ3) is 4.50. The molecule has 21 heavy (non-hydrogen) atoms. The summed E-state index contributed by atoms with van der Waals surface area (Å²) in [5, 5.41) is 11.0. The van der Waals surface area contributed by atoms with E-state index in [0.29, 0.717) is 13.2 Å². The maximum atomic E-state index is 12.2. The van der Waals surface area contributed by atoms with Crippen LogP contribution in [0.25, 0.3) is 0 Å². The van der Waals surface area contributed by atoms with E-state index in [0.717, 1.165) is 38.2 Å². The Hall–Kier alpha value is -1.47. The molecule has 7 heteroatoms. The summed E-state index contributed by atoms with van der Waals surface area (Å²) < 4.78 is 7.00. The summed E-state index contributed by atoms with van der Waals surface area (Å²) in [4.78, 5) is 14.4. The fraction of sp³-hybridized carbons (Fsp3) is 0.786. The lowest BCUT2D eigenvalue weighted by atomic mass is 10.0. The molecule has 1 aliphatic heterocycles. The maximum absolute atomic E-state index is 12.2. The van der Waals surface area contributed by atoms with Crippen molar-refractivity contribution in [3.8, 4) is 0 Å². The van der Waals surface area contributed by atoms with Crippen molar-refractivity contribution >= 4 is 5.91 Å². The van der Waals surface area contributed by atoms with Crippen molar-refractivity contribution in [2.24, 2.45) is 0 Å². The van der Waals surface area contributed by atoms with Crippen LogP contribution in [-0.4, -0.2) is 58.9 Å². The van der Waals surface area contributed by atoms with E-state index in [1.807, 2.05) is 11.6 Å². The molecule has 1 aliphatic rings. The minimum Gasteiger partial charge on any atom is -0.385 e. The molecule has 1 amide bonds. The number of likely N-dealkylation sites (tertiary alicyclic amines) is 1. The van der Waals surface area contributed by atoms with Gasteiger partial charge in [0, 0.05) is 20.3 Å². The summed E-state index contributed by atoms with van der Waals surface area (Å²) in [6, 6.07) is -0.0105. The highest BCUT2D eigenvalue weighted by Crippen LogP contribution is 2.15. The first-order valence-electron chi connectivity index (χ1n) is 7.56. The lowest BCUT2D eigenvalue weighted by Gasteiger charge is -2.31. The Balaban J connectivity index is 1.82. The Kier molecular flexibility index (Phi) is 6.13. The molecule has 118 valence electrons. The van der Waals surface area contributed by atoms with Crippen molar-refractivity contribution in [1.29, 1.82) is 0 Å². The van der Waals surface area contributed by atoms with Crippen molar-refractivity contribution in [3.05, 3.63) is 12.2 Å². The monoisotopic (exact) mass is 295 g/mol. The van der Waals surface area contributed by atoms with Crippen LogP contribution in [0.5, 0.6) is 0 Å². The van der Waals surface area contributed by atoms with Gasteiger partial charge in [0.1, 0.15) is 6.33 Å². The number of amides is 1. The van der Waals surface area contributed by atoms with Crippen LogP contribution < -0.4 is 5.32 Å². The van der Waals surface area contributed by atoms with Crippen LogP contribution in [0, 0.1) is 0 Å². The minimum absolute atomic E-state index is 0.0105. The highest BCUT2D eigenvalue weighted by Gasteiger charge is 2.25. The topological polar surface area (TPSA) is 72.3 Å². The van der Waals surface area contributed by atoms with Crippen LogP contribution in [0.4, 0.5) is 0 Å². The molecule has 0 unspecified atom stereocenters. The number of carbonyl (C=O) groups is 1. The van der Waals surface area contributed by atoms with Gasteiger partial charge in [-0.3, -0.25) is 9.69 Å². The molecule has 1 aromatic heterocycles. The van der Waals surface area contributed by atoms with Gasteiger partial charge in [-0.05, 0) is 32.9 Å². The van der Waals surface area contributed by atoms with E-state index < -0.39 is 0 Å². The second kappa shape index (κ2) is 8.09. The summed E-state index contributed by atoms with van der Waals surface area (Å²) in [5.74, 6) is 0.876. The van der Waals surface area contributed by atoms with Gasteiger partial charge in [-0.1, -0.05) is 6.42 Å². The van der Waals surface area contributed by atoms with Gasteiger partial charge < -0.3 is 14.6 Å². The molecule has 0 aliphatic carbocycles. The van der Waals surface area contributed by atoms with E-state index in [-0.39, 0.29) is 11.9 Å². The zero-order valence-corrected chi connectivity index (χ0v) is 12.9. The lowest BCUT2D eigenvalue weighted by Crippen LogP contribution is -2.47. The molecule has 1 aromatic rings. The molecule has 1 N–H and O–H groups in total. The van der Waals surface area contributed by atoms with Gasteiger partial charge in [-0.15, -0.1) is 10.2 Å². The normalized spacial score (nSPS) is 19.6. The number of likely N-dealkylation sites (N-methyl/N-ethyl adjacent to an activating group) is 1. The van der Waals surface area contributed by atoms with Crippen LogP contribution in [0.15, 0.2) is 6.33 Å². The number of piperidine rings is 1. The van der Waals surface area contributed by atoms with Gasteiger partial charge in [-0.25, -0.2) is 0 Å². The predicted molar refractivity (Wildman–Crippen MR) is 78.6 cm³/mol. The highest BCUT2D eigenvalue weighted by molar-refractivity contribution is 5.81. The Morgan fingerprint density at radius 3 is 3.14 bits per heavy atom. The molecule has 1 fully saturated rings. The largest absolute Gasteiger partial charge is 0.385 e. The van der Waals surface area contributed by atoms with E-state index in [1.54, 1.807) is 13.4 Å². The fourth-order valence-electron chi connectivity index (χ4n) is 2.67. The van der Waals surface area contributed by atoms with Gasteiger partial charge in [0.25, 0.3) is 0 Å². The molecule has 1 saturated heterocycles. The second-order valence-corrected chi connectivity index (χ2v) is 5.50. The van der Waals surface area contributed by atoms with Crippen molar-refractivity contribution in [2.45, 2.75) is 44.8 Å². The number of nitrogens with one attached hydrogen (secondary N) is 1. The Morgan fingerprint density at radius 1 is 1.52 bits per heavy atom. The van der Waals surface area contributed by atoms with Crippen molar-refractivity contribution in [1.82, 2.24) is 25.0 Å². The Labute approximate surface area is 125 Å². The zero-order valence-electron chi connectivity index (χ0n) is 12.9. The molecule has 0 spiro atoms. The summed E-state index contributed by atoms with van der Waals surface area (Å²) >= 11 is 0. The Morgan fingerprint density at radius 2 is 2.38 bits per heavy atom. The average Bonchev–Trinajstić information content (AvgIpc) is 2.93.